The van der Waals surface area contributed by atoms with Gasteiger partial charge in [-0.25, -0.2) is 4.79 Å². The molecule has 1 aromatic carbocycles. The first-order chi connectivity index (χ1) is 8.47. The van der Waals surface area contributed by atoms with E-state index in [0.29, 0.717) is 4.73 Å². The number of aromatic hydroxyl groups is 2. The van der Waals surface area contributed by atoms with Crippen LogP contribution >= 0.6 is 23.2 Å². The van der Waals surface area contributed by atoms with Crippen molar-refractivity contribution in [3.05, 3.63) is 45.9 Å². The molecule has 0 aliphatic carbocycles. The maximum absolute atomic E-state index is 11.7. The monoisotopic (exact) mass is 287 g/mol. The smallest absolute Gasteiger partial charge is 0.364 e. The van der Waals surface area contributed by atoms with Crippen LogP contribution in [0, 0.1) is 0 Å². The highest BCUT2D eigenvalue weighted by molar-refractivity contribution is 6.35. The van der Waals surface area contributed by atoms with E-state index in [1.54, 1.807) is 0 Å². The van der Waals surface area contributed by atoms with Gasteiger partial charge in [0.2, 0.25) is 11.8 Å². The van der Waals surface area contributed by atoms with E-state index in [9.17, 15) is 15.0 Å². The number of rotatable bonds is 2. The van der Waals surface area contributed by atoms with Crippen molar-refractivity contribution in [2.24, 2.45) is 0 Å². The Labute approximate surface area is 112 Å². The van der Waals surface area contributed by atoms with Gasteiger partial charge in [0.25, 0.3) is 0 Å². The lowest BCUT2D eigenvalue weighted by atomic mass is 10.2. The zero-order valence-corrected chi connectivity index (χ0v) is 10.3. The molecule has 18 heavy (non-hydrogen) atoms. The molecule has 2 rings (SSSR count). The second-order valence-corrected chi connectivity index (χ2v) is 4.25. The average Bonchev–Trinajstić information content (AvgIpc) is 2.59. The van der Waals surface area contributed by atoms with Crippen LogP contribution < -0.4 is 4.84 Å². The number of nitrogens with zero attached hydrogens (tertiary/aromatic N) is 1. The standard InChI is InChI=1S/C11H7Cl2NO4/c12-7-3-6(4-8(13)5-7)11(17)18-14-9(15)1-2-10(14)16/h1-5,15-16H. The van der Waals surface area contributed by atoms with Crippen molar-refractivity contribution >= 4 is 29.2 Å². The van der Waals surface area contributed by atoms with E-state index in [1.165, 1.54) is 30.3 Å². The van der Waals surface area contributed by atoms with Crippen LogP contribution in [-0.2, 0) is 0 Å². The van der Waals surface area contributed by atoms with Gasteiger partial charge in [0.05, 0.1) is 5.56 Å². The molecule has 94 valence electrons. The quantitative estimate of drug-likeness (QED) is 0.890. The van der Waals surface area contributed by atoms with Gasteiger partial charge in [-0.15, -0.1) is 4.73 Å². The largest absolute Gasteiger partial charge is 0.492 e. The van der Waals surface area contributed by atoms with Crippen LogP contribution in [0.2, 0.25) is 10.0 Å². The van der Waals surface area contributed by atoms with Gasteiger partial charge in [0.15, 0.2) is 0 Å². The molecule has 1 aromatic heterocycles. The van der Waals surface area contributed by atoms with Crippen molar-refractivity contribution < 1.29 is 19.8 Å². The molecule has 0 bridgehead atoms. The summed E-state index contributed by atoms with van der Waals surface area (Å²) in [5, 5.41) is 19.2. The fraction of sp³-hybridized carbons (Fsp3) is 0. The third-order valence-electron chi connectivity index (χ3n) is 2.07. The highest BCUT2D eigenvalue weighted by Crippen LogP contribution is 2.22. The molecule has 0 aliphatic heterocycles. The molecule has 0 atom stereocenters. The summed E-state index contributed by atoms with van der Waals surface area (Å²) in [7, 11) is 0. The van der Waals surface area contributed by atoms with Crippen LogP contribution in [0.3, 0.4) is 0 Å². The summed E-state index contributed by atoms with van der Waals surface area (Å²) in [5.41, 5.74) is 0.0972. The van der Waals surface area contributed by atoms with Crippen molar-refractivity contribution in [1.82, 2.24) is 4.73 Å². The fourth-order valence-electron chi connectivity index (χ4n) is 1.30. The van der Waals surface area contributed by atoms with Crippen molar-refractivity contribution in [3.63, 3.8) is 0 Å². The number of hydrogen-bond acceptors (Lipinski definition) is 4. The predicted molar refractivity (Wildman–Crippen MR) is 65.1 cm³/mol. The van der Waals surface area contributed by atoms with Crippen LogP contribution in [0.25, 0.3) is 0 Å². The van der Waals surface area contributed by atoms with Gasteiger partial charge in [-0.2, -0.15) is 0 Å². The number of aromatic nitrogens is 1. The molecule has 2 N–H and O–H groups in total. The molecule has 0 amide bonds. The molecular formula is C11H7Cl2NO4. The predicted octanol–water partition coefficient (Wildman–Crippen LogP) is 2.48. The molecule has 5 nitrogen and oxygen atoms in total. The summed E-state index contributed by atoms with van der Waals surface area (Å²) < 4.78 is 0.580. The van der Waals surface area contributed by atoms with E-state index in [0.717, 1.165) is 0 Å². The Morgan fingerprint density at radius 2 is 1.56 bits per heavy atom. The topological polar surface area (TPSA) is 71.7 Å². The van der Waals surface area contributed by atoms with Crippen LogP contribution in [0.15, 0.2) is 30.3 Å². The van der Waals surface area contributed by atoms with Gasteiger partial charge in [0.1, 0.15) is 0 Å². The molecule has 0 spiro atoms. The lowest BCUT2D eigenvalue weighted by Crippen LogP contribution is -2.19. The Bertz CT molecular complexity index is 569. The molecule has 0 saturated carbocycles. The minimum atomic E-state index is -0.818. The molecule has 0 radical (unpaired) electrons. The van der Waals surface area contributed by atoms with Crippen molar-refractivity contribution in [3.8, 4) is 11.8 Å². The Morgan fingerprint density at radius 1 is 1.06 bits per heavy atom. The maximum Gasteiger partial charge on any atom is 0.364 e. The molecule has 1 heterocycles. The minimum Gasteiger partial charge on any atom is -0.492 e. The summed E-state index contributed by atoms with van der Waals surface area (Å²) in [6.45, 7) is 0. The molecule has 0 unspecified atom stereocenters. The van der Waals surface area contributed by atoms with Crippen LogP contribution in [-0.4, -0.2) is 20.9 Å². The molecule has 0 fully saturated rings. The second-order valence-electron chi connectivity index (χ2n) is 3.38. The summed E-state index contributed by atoms with van der Waals surface area (Å²) in [4.78, 5) is 16.5. The first-order valence-electron chi connectivity index (χ1n) is 4.76. The Hall–Kier alpha value is -1.85. The maximum atomic E-state index is 11.7. The number of carbonyl (C=O) groups excluding carboxylic acids is 1. The summed E-state index contributed by atoms with van der Waals surface area (Å²) in [6, 6.07) is 6.52. The zero-order valence-electron chi connectivity index (χ0n) is 8.80. The van der Waals surface area contributed by atoms with Gasteiger partial charge in [-0.3, -0.25) is 0 Å². The lowest BCUT2D eigenvalue weighted by Gasteiger charge is -2.07. The second kappa shape index (κ2) is 4.80. The van der Waals surface area contributed by atoms with Gasteiger partial charge in [-0.1, -0.05) is 23.2 Å². The first-order valence-corrected chi connectivity index (χ1v) is 5.51. The van der Waals surface area contributed by atoms with E-state index in [4.69, 9.17) is 28.0 Å². The summed E-state index contributed by atoms with van der Waals surface area (Å²) in [6.07, 6.45) is 0. The van der Waals surface area contributed by atoms with E-state index < -0.39 is 17.7 Å². The van der Waals surface area contributed by atoms with E-state index in [2.05, 4.69) is 0 Å². The highest BCUT2D eigenvalue weighted by atomic mass is 35.5. The van der Waals surface area contributed by atoms with Crippen molar-refractivity contribution in [2.45, 2.75) is 0 Å². The average molecular weight is 288 g/mol. The number of benzene rings is 1. The zero-order chi connectivity index (χ0) is 13.3. The number of carbonyl (C=O) groups is 1. The number of hydrogen-bond donors (Lipinski definition) is 2. The van der Waals surface area contributed by atoms with E-state index in [1.807, 2.05) is 0 Å². The van der Waals surface area contributed by atoms with Crippen molar-refractivity contribution in [1.29, 1.82) is 0 Å². The Kier molecular flexibility index (Phi) is 3.36. The van der Waals surface area contributed by atoms with Gasteiger partial charge >= 0.3 is 5.97 Å². The van der Waals surface area contributed by atoms with Crippen LogP contribution in [0.4, 0.5) is 0 Å². The van der Waals surface area contributed by atoms with Gasteiger partial charge in [0, 0.05) is 22.2 Å². The molecule has 0 saturated heterocycles. The minimum absolute atomic E-state index is 0.0972. The molecule has 7 heteroatoms. The summed E-state index contributed by atoms with van der Waals surface area (Å²) >= 11 is 11.5. The SMILES string of the molecule is O=C(On1c(O)ccc1O)c1cc(Cl)cc(Cl)c1. The Morgan fingerprint density at radius 3 is 2.06 bits per heavy atom. The lowest BCUT2D eigenvalue weighted by molar-refractivity contribution is 0.0382. The highest BCUT2D eigenvalue weighted by Gasteiger charge is 2.15. The third-order valence-corrected chi connectivity index (χ3v) is 2.51. The molecular weight excluding hydrogens is 281 g/mol. The van der Waals surface area contributed by atoms with Crippen LogP contribution in [0.1, 0.15) is 10.4 Å². The molecule has 2 aromatic rings. The third kappa shape index (κ3) is 2.52. The number of halogens is 2. The van der Waals surface area contributed by atoms with Gasteiger partial charge in [-0.05, 0) is 18.2 Å². The van der Waals surface area contributed by atoms with Crippen LogP contribution in [0.5, 0.6) is 11.8 Å². The fourth-order valence-corrected chi connectivity index (χ4v) is 1.83. The van der Waals surface area contributed by atoms with Crippen molar-refractivity contribution in [2.75, 3.05) is 0 Å². The van der Waals surface area contributed by atoms with E-state index in [-0.39, 0.29) is 15.6 Å². The summed E-state index contributed by atoms with van der Waals surface area (Å²) in [5.74, 6) is -1.64. The van der Waals surface area contributed by atoms with Gasteiger partial charge < -0.3 is 15.1 Å². The van der Waals surface area contributed by atoms with E-state index >= 15 is 0 Å². The Balaban J connectivity index is 2.27. The normalized spacial score (nSPS) is 10.3. The molecule has 0 aliphatic rings. The first kappa shape index (κ1) is 12.6.